The molecule has 0 aromatic heterocycles. The van der Waals surface area contributed by atoms with E-state index in [1.54, 1.807) is 6.92 Å². The van der Waals surface area contributed by atoms with Crippen molar-refractivity contribution in [2.24, 2.45) is 17.8 Å². The fraction of sp³-hybridized carbons (Fsp3) is 1.00. The van der Waals surface area contributed by atoms with Gasteiger partial charge in [0.25, 0.3) is 0 Å². The van der Waals surface area contributed by atoms with Crippen molar-refractivity contribution in [2.45, 2.75) is 38.1 Å². The standard InChI is InChI=1S/C9H15BO/c1-9(10,11)8-6-2-3-7(8)5-4-6/h6-8,11H,2-5H2,1H3. The molecule has 0 aromatic carbocycles. The number of hydrogen-bond donors (Lipinski definition) is 1. The van der Waals surface area contributed by atoms with E-state index in [4.69, 9.17) is 7.85 Å². The van der Waals surface area contributed by atoms with Gasteiger partial charge in [0.15, 0.2) is 0 Å². The third-order valence-electron chi connectivity index (χ3n) is 3.51. The molecule has 2 aliphatic rings. The Labute approximate surface area is 69.6 Å². The van der Waals surface area contributed by atoms with E-state index in [9.17, 15) is 5.11 Å². The minimum Gasteiger partial charge on any atom is -0.400 e. The molecular formula is C9H15BO. The molecule has 2 fully saturated rings. The maximum absolute atomic E-state index is 9.68. The predicted molar refractivity (Wildman–Crippen MR) is 45.3 cm³/mol. The van der Waals surface area contributed by atoms with E-state index in [-0.39, 0.29) is 0 Å². The first kappa shape index (κ1) is 7.66. The summed E-state index contributed by atoms with van der Waals surface area (Å²) in [6.45, 7) is 1.76. The molecule has 1 N–H and O–H groups in total. The molecule has 2 aliphatic carbocycles. The van der Waals surface area contributed by atoms with Gasteiger partial charge in [-0.15, -0.1) is 0 Å². The van der Waals surface area contributed by atoms with Crippen LogP contribution in [0, 0.1) is 17.8 Å². The van der Waals surface area contributed by atoms with E-state index in [0.29, 0.717) is 5.92 Å². The molecule has 2 radical (unpaired) electrons. The molecule has 0 saturated heterocycles. The summed E-state index contributed by atoms with van der Waals surface area (Å²) in [6, 6.07) is 0. The molecule has 2 heteroatoms. The minimum atomic E-state index is -0.914. The van der Waals surface area contributed by atoms with E-state index in [2.05, 4.69) is 0 Å². The van der Waals surface area contributed by atoms with Gasteiger partial charge in [0.1, 0.15) is 7.85 Å². The second-order valence-electron chi connectivity index (χ2n) is 4.43. The van der Waals surface area contributed by atoms with Gasteiger partial charge in [0, 0.05) is 5.50 Å². The van der Waals surface area contributed by atoms with Crippen LogP contribution >= 0.6 is 0 Å². The molecule has 1 atom stereocenters. The van der Waals surface area contributed by atoms with Crippen LogP contribution in [0.4, 0.5) is 0 Å². The summed E-state index contributed by atoms with van der Waals surface area (Å²) in [4.78, 5) is 0. The molecule has 0 amide bonds. The van der Waals surface area contributed by atoms with Gasteiger partial charge in [0.2, 0.25) is 0 Å². The Morgan fingerprint density at radius 1 is 1.18 bits per heavy atom. The van der Waals surface area contributed by atoms with E-state index >= 15 is 0 Å². The van der Waals surface area contributed by atoms with Crippen molar-refractivity contribution >= 4 is 7.85 Å². The average molecular weight is 150 g/mol. The van der Waals surface area contributed by atoms with Crippen molar-refractivity contribution in [1.82, 2.24) is 0 Å². The van der Waals surface area contributed by atoms with Crippen LogP contribution in [0.5, 0.6) is 0 Å². The lowest BCUT2D eigenvalue weighted by Gasteiger charge is -2.30. The summed E-state index contributed by atoms with van der Waals surface area (Å²) in [7, 11) is 5.72. The van der Waals surface area contributed by atoms with E-state index in [1.165, 1.54) is 25.7 Å². The number of fused-ring (bicyclic) bond motifs is 2. The molecule has 0 spiro atoms. The van der Waals surface area contributed by atoms with Gasteiger partial charge in [-0.3, -0.25) is 0 Å². The van der Waals surface area contributed by atoms with Gasteiger partial charge in [-0.05, 0) is 50.4 Å². The third-order valence-corrected chi connectivity index (χ3v) is 3.51. The molecule has 0 heterocycles. The van der Waals surface area contributed by atoms with Crippen molar-refractivity contribution in [3.05, 3.63) is 0 Å². The third kappa shape index (κ3) is 1.12. The van der Waals surface area contributed by atoms with Crippen LogP contribution in [0.2, 0.25) is 0 Å². The van der Waals surface area contributed by atoms with Gasteiger partial charge in [-0.2, -0.15) is 0 Å². The topological polar surface area (TPSA) is 20.2 Å². The van der Waals surface area contributed by atoms with Crippen LogP contribution in [0.25, 0.3) is 0 Å². The largest absolute Gasteiger partial charge is 0.400 e. The number of aliphatic hydroxyl groups is 1. The summed E-state index contributed by atoms with van der Waals surface area (Å²) in [5.41, 5.74) is -0.914. The zero-order chi connectivity index (χ0) is 8.06. The predicted octanol–water partition coefficient (Wildman–Crippen LogP) is 1.30. The molecule has 2 bridgehead atoms. The van der Waals surface area contributed by atoms with Crippen LogP contribution < -0.4 is 0 Å². The smallest absolute Gasteiger partial charge is 0.113 e. The van der Waals surface area contributed by atoms with Crippen LogP contribution in [-0.4, -0.2) is 18.5 Å². The Kier molecular flexibility index (Phi) is 1.57. The van der Waals surface area contributed by atoms with E-state index < -0.39 is 5.50 Å². The Morgan fingerprint density at radius 2 is 1.55 bits per heavy atom. The van der Waals surface area contributed by atoms with Crippen molar-refractivity contribution in [3.8, 4) is 0 Å². The van der Waals surface area contributed by atoms with Crippen molar-refractivity contribution in [3.63, 3.8) is 0 Å². The first-order chi connectivity index (χ1) is 5.09. The quantitative estimate of drug-likeness (QED) is 0.558. The zero-order valence-electron chi connectivity index (χ0n) is 7.09. The summed E-state index contributed by atoms with van der Waals surface area (Å²) in [5, 5.41) is 9.68. The lowest BCUT2D eigenvalue weighted by Crippen LogP contribution is -2.37. The lowest BCUT2D eigenvalue weighted by atomic mass is 9.68. The summed E-state index contributed by atoms with van der Waals surface area (Å²) in [6.07, 6.45) is 5.18. The highest BCUT2D eigenvalue weighted by atomic mass is 16.3. The minimum absolute atomic E-state index is 0.391. The molecule has 0 aliphatic heterocycles. The zero-order valence-corrected chi connectivity index (χ0v) is 7.09. The molecule has 11 heavy (non-hydrogen) atoms. The van der Waals surface area contributed by atoms with Crippen LogP contribution in [-0.2, 0) is 0 Å². The Hall–Kier alpha value is 0.0249. The maximum Gasteiger partial charge on any atom is 0.113 e. The molecule has 60 valence electrons. The summed E-state index contributed by atoms with van der Waals surface area (Å²) >= 11 is 0. The van der Waals surface area contributed by atoms with Crippen molar-refractivity contribution in [2.75, 3.05) is 0 Å². The monoisotopic (exact) mass is 150 g/mol. The van der Waals surface area contributed by atoms with Crippen LogP contribution in [0.3, 0.4) is 0 Å². The van der Waals surface area contributed by atoms with Crippen LogP contribution in [0.15, 0.2) is 0 Å². The lowest BCUT2D eigenvalue weighted by molar-refractivity contribution is 0.0565. The van der Waals surface area contributed by atoms with Gasteiger partial charge in [-0.1, -0.05) is 0 Å². The van der Waals surface area contributed by atoms with Crippen molar-refractivity contribution in [1.29, 1.82) is 0 Å². The fourth-order valence-electron chi connectivity index (χ4n) is 3.20. The molecule has 2 saturated carbocycles. The molecular weight excluding hydrogens is 135 g/mol. The first-order valence-corrected chi connectivity index (χ1v) is 4.60. The highest BCUT2D eigenvalue weighted by molar-refractivity contribution is 6.14. The Morgan fingerprint density at radius 3 is 1.73 bits per heavy atom. The second kappa shape index (κ2) is 2.26. The van der Waals surface area contributed by atoms with Gasteiger partial charge < -0.3 is 5.11 Å². The summed E-state index contributed by atoms with van der Waals surface area (Å²) < 4.78 is 0. The Bertz CT molecular complexity index is 141. The van der Waals surface area contributed by atoms with E-state index in [1.807, 2.05) is 0 Å². The van der Waals surface area contributed by atoms with Crippen LogP contribution in [0.1, 0.15) is 32.6 Å². The second-order valence-corrected chi connectivity index (χ2v) is 4.43. The normalized spacial score (nSPS) is 47.6. The van der Waals surface area contributed by atoms with Gasteiger partial charge in [0.05, 0.1) is 0 Å². The molecule has 0 aromatic rings. The van der Waals surface area contributed by atoms with Crippen molar-refractivity contribution < 1.29 is 5.11 Å². The highest BCUT2D eigenvalue weighted by Crippen LogP contribution is 2.52. The average Bonchev–Trinajstić information content (AvgIpc) is 2.40. The molecule has 2 rings (SSSR count). The first-order valence-electron chi connectivity index (χ1n) is 4.60. The van der Waals surface area contributed by atoms with Gasteiger partial charge in [-0.25, -0.2) is 0 Å². The Balaban J connectivity index is 2.16. The molecule has 1 unspecified atom stereocenters. The maximum atomic E-state index is 9.68. The highest BCUT2D eigenvalue weighted by Gasteiger charge is 2.47. The number of rotatable bonds is 1. The molecule has 1 nitrogen and oxygen atoms in total. The summed E-state index contributed by atoms with van der Waals surface area (Å²) in [5.74, 6) is 1.84. The fourth-order valence-corrected chi connectivity index (χ4v) is 3.20. The van der Waals surface area contributed by atoms with E-state index in [0.717, 1.165) is 11.8 Å². The number of hydrogen-bond acceptors (Lipinski definition) is 1. The SMILES string of the molecule is [B]C(C)(O)C1C2CCC1CC2. The van der Waals surface area contributed by atoms with Gasteiger partial charge >= 0.3 is 0 Å².